The minimum Gasteiger partial charge on any atom is -0.321 e. The molecular formula is C14H20F3N3. The van der Waals surface area contributed by atoms with E-state index in [2.05, 4.69) is 24.1 Å². The van der Waals surface area contributed by atoms with Crippen LogP contribution in [0.5, 0.6) is 0 Å². The van der Waals surface area contributed by atoms with E-state index in [0.29, 0.717) is 18.7 Å². The van der Waals surface area contributed by atoms with E-state index in [4.69, 9.17) is 0 Å². The first-order valence-electron chi connectivity index (χ1n) is 7.18. The molecule has 1 N–H and O–H groups in total. The fourth-order valence-electron chi connectivity index (χ4n) is 3.66. The average Bonchev–Trinajstić information content (AvgIpc) is 2.88. The first-order valence-corrected chi connectivity index (χ1v) is 7.18. The summed E-state index contributed by atoms with van der Waals surface area (Å²) in [5.41, 5.74) is 1.27. The molecule has 6 heteroatoms. The van der Waals surface area contributed by atoms with Crippen molar-refractivity contribution in [3.63, 3.8) is 0 Å². The molecule has 20 heavy (non-hydrogen) atoms. The monoisotopic (exact) mass is 287 g/mol. The number of nitrogens with one attached hydrogen (secondary N) is 1. The van der Waals surface area contributed by atoms with Crippen LogP contribution in [0.15, 0.2) is 0 Å². The number of aromatic nitrogens is 2. The Morgan fingerprint density at radius 1 is 1.35 bits per heavy atom. The molecule has 1 aliphatic carbocycles. The van der Waals surface area contributed by atoms with Crippen molar-refractivity contribution in [3.8, 4) is 0 Å². The Morgan fingerprint density at radius 3 is 2.70 bits per heavy atom. The van der Waals surface area contributed by atoms with Crippen molar-refractivity contribution in [3.05, 3.63) is 17.2 Å². The fourth-order valence-corrected chi connectivity index (χ4v) is 3.66. The van der Waals surface area contributed by atoms with E-state index < -0.39 is 12.0 Å². The molecule has 0 bridgehead atoms. The Kier molecular flexibility index (Phi) is 3.12. The molecule has 1 fully saturated rings. The molecule has 1 aliphatic heterocycles. The molecule has 1 unspecified atom stereocenters. The lowest BCUT2D eigenvalue weighted by atomic mass is 9.87. The highest BCUT2D eigenvalue weighted by atomic mass is 19.4. The first kappa shape index (κ1) is 13.9. The summed E-state index contributed by atoms with van der Waals surface area (Å²) in [6.07, 6.45) is -0.979. The van der Waals surface area contributed by atoms with Gasteiger partial charge in [-0.15, -0.1) is 0 Å². The van der Waals surface area contributed by atoms with E-state index in [0.717, 1.165) is 31.5 Å². The maximum absolute atomic E-state index is 13.3. The van der Waals surface area contributed by atoms with Crippen LogP contribution in [0.2, 0.25) is 0 Å². The van der Waals surface area contributed by atoms with Gasteiger partial charge in [0.25, 0.3) is 0 Å². The number of imidazole rings is 1. The second kappa shape index (κ2) is 4.48. The van der Waals surface area contributed by atoms with Gasteiger partial charge in [-0.25, -0.2) is 4.98 Å². The Hall–Kier alpha value is -1.04. The molecular weight excluding hydrogens is 267 g/mol. The van der Waals surface area contributed by atoms with Crippen molar-refractivity contribution in [1.82, 2.24) is 14.9 Å². The standard InChI is InChI=1S/C14H20F3N3/c1-13(2)6-3-4-11(13)20-10-5-7-18-8-9(10)19-12(20)14(15,16)17/h11,18H,3-8H2,1-2H3. The van der Waals surface area contributed by atoms with E-state index in [1.165, 1.54) is 4.57 Å². The Labute approximate surface area is 116 Å². The van der Waals surface area contributed by atoms with Crippen LogP contribution in [0.3, 0.4) is 0 Å². The topological polar surface area (TPSA) is 29.9 Å². The Bertz CT molecular complexity index is 516. The second-order valence-corrected chi connectivity index (χ2v) is 6.52. The maximum atomic E-state index is 13.3. The smallest absolute Gasteiger partial charge is 0.321 e. The summed E-state index contributed by atoms with van der Waals surface area (Å²) in [5, 5.41) is 3.10. The zero-order valence-corrected chi connectivity index (χ0v) is 11.8. The van der Waals surface area contributed by atoms with Crippen molar-refractivity contribution >= 4 is 0 Å². The molecule has 0 saturated heterocycles. The van der Waals surface area contributed by atoms with Gasteiger partial charge in [-0.3, -0.25) is 0 Å². The van der Waals surface area contributed by atoms with Crippen LogP contribution < -0.4 is 5.32 Å². The normalized spacial score (nSPS) is 25.8. The molecule has 2 heterocycles. The molecule has 3 nitrogen and oxygen atoms in total. The quantitative estimate of drug-likeness (QED) is 0.859. The molecule has 0 radical (unpaired) electrons. The van der Waals surface area contributed by atoms with E-state index in [1.54, 1.807) is 0 Å². The summed E-state index contributed by atoms with van der Waals surface area (Å²) in [6.45, 7) is 5.30. The lowest BCUT2D eigenvalue weighted by Crippen LogP contribution is -2.30. The molecule has 0 spiro atoms. The highest BCUT2D eigenvalue weighted by molar-refractivity contribution is 5.23. The minimum atomic E-state index is -4.38. The lowest BCUT2D eigenvalue weighted by molar-refractivity contribution is -0.148. The highest BCUT2D eigenvalue weighted by Gasteiger charge is 2.45. The van der Waals surface area contributed by atoms with Crippen molar-refractivity contribution in [2.45, 2.75) is 58.3 Å². The van der Waals surface area contributed by atoms with Gasteiger partial charge in [0, 0.05) is 31.2 Å². The largest absolute Gasteiger partial charge is 0.449 e. The van der Waals surface area contributed by atoms with E-state index >= 15 is 0 Å². The van der Waals surface area contributed by atoms with Gasteiger partial charge in [-0.1, -0.05) is 20.3 Å². The van der Waals surface area contributed by atoms with Crippen LogP contribution in [-0.2, 0) is 19.1 Å². The number of hydrogen-bond acceptors (Lipinski definition) is 2. The predicted molar refractivity (Wildman–Crippen MR) is 69.3 cm³/mol. The second-order valence-electron chi connectivity index (χ2n) is 6.52. The molecule has 3 rings (SSSR count). The molecule has 1 aromatic rings. The van der Waals surface area contributed by atoms with Crippen molar-refractivity contribution < 1.29 is 13.2 Å². The predicted octanol–water partition coefficient (Wildman–Crippen LogP) is 3.30. The van der Waals surface area contributed by atoms with Crippen LogP contribution in [0.1, 0.15) is 56.4 Å². The lowest BCUT2D eigenvalue weighted by Gasteiger charge is -2.32. The van der Waals surface area contributed by atoms with Gasteiger partial charge in [0.15, 0.2) is 0 Å². The van der Waals surface area contributed by atoms with Crippen LogP contribution in [0, 0.1) is 5.41 Å². The third-order valence-corrected chi connectivity index (χ3v) is 4.69. The van der Waals surface area contributed by atoms with Crippen molar-refractivity contribution in [1.29, 1.82) is 0 Å². The number of hydrogen-bond donors (Lipinski definition) is 1. The molecule has 1 aromatic heterocycles. The van der Waals surface area contributed by atoms with Crippen LogP contribution in [0.4, 0.5) is 13.2 Å². The van der Waals surface area contributed by atoms with Crippen molar-refractivity contribution in [2.24, 2.45) is 5.41 Å². The number of alkyl halides is 3. The van der Waals surface area contributed by atoms with Gasteiger partial charge in [-0.05, 0) is 18.3 Å². The van der Waals surface area contributed by atoms with E-state index in [1.807, 2.05) is 0 Å². The van der Waals surface area contributed by atoms with Crippen molar-refractivity contribution in [2.75, 3.05) is 6.54 Å². The van der Waals surface area contributed by atoms with E-state index in [9.17, 15) is 13.2 Å². The summed E-state index contributed by atoms with van der Waals surface area (Å²) in [4.78, 5) is 3.91. The summed E-state index contributed by atoms with van der Waals surface area (Å²) in [5.74, 6) is -0.703. The number of fused-ring (bicyclic) bond motifs is 1. The molecule has 1 atom stereocenters. The highest BCUT2D eigenvalue weighted by Crippen LogP contribution is 2.48. The van der Waals surface area contributed by atoms with Crippen LogP contribution in [0.25, 0.3) is 0 Å². The van der Waals surface area contributed by atoms with Gasteiger partial charge < -0.3 is 9.88 Å². The SMILES string of the molecule is CC1(C)CCCC1n1c(C(F)(F)F)nc2c1CCNC2. The minimum absolute atomic E-state index is 0.0894. The van der Waals surface area contributed by atoms with Crippen LogP contribution >= 0.6 is 0 Å². The molecule has 0 amide bonds. The zero-order valence-electron chi connectivity index (χ0n) is 11.8. The number of nitrogens with zero attached hydrogens (tertiary/aromatic N) is 2. The van der Waals surface area contributed by atoms with Gasteiger partial charge >= 0.3 is 6.18 Å². The van der Waals surface area contributed by atoms with Gasteiger partial charge in [0.1, 0.15) is 0 Å². The summed E-state index contributed by atoms with van der Waals surface area (Å²) < 4.78 is 41.5. The maximum Gasteiger partial charge on any atom is 0.449 e. The Morgan fingerprint density at radius 2 is 2.10 bits per heavy atom. The van der Waals surface area contributed by atoms with Gasteiger partial charge in [0.2, 0.25) is 5.82 Å². The summed E-state index contributed by atoms with van der Waals surface area (Å²) in [6, 6.07) is -0.0894. The third kappa shape index (κ3) is 2.14. The fraction of sp³-hybridized carbons (Fsp3) is 0.786. The summed E-state index contributed by atoms with van der Waals surface area (Å²) in [7, 11) is 0. The Balaban J connectivity index is 2.14. The summed E-state index contributed by atoms with van der Waals surface area (Å²) >= 11 is 0. The van der Waals surface area contributed by atoms with Crippen LogP contribution in [-0.4, -0.2) is 16.1 Å². The molecule has 1 saturated carbocycles. The number of halogens is 3. The molecule has 0 aromatic carbocycles. The van der Waals surface area contributed by atoms with E-state index in [-0.39, 0.29) is 11.5 Å². The molecule has 112 valence electrons. The van der Waals surface area contributed by atoms with Gasteiger partial charge in [-0.2, -0.15) is 13.2 Å². The number of rotatable bonds is 1. The van der Waals surface area contributed by atoms with Gasteiger partial charge in [0.05, 0.1) is 5.69 Å². The zero-order chi connectivity index (χ0) is 14.5. The third-order valence-electron chi connectivity index (χ3n) is 4.69. The first-order chi connectivity index (χ1) is 9.31. The molecule has 2 aliphatic rings. The average molecular weight is 287 g/mol.